The number of hydrogen-bond donors (Lipinski definition) is 1. The molecule has 0 aromatic heterocycles. The number of nitrogens with zero attached hydrogens (tertiary/aromatic N) is 1. The van der Waals surface area contributed by atoms with Crippen molar-refractivity contribution in [2.75, 3.05) is 44.4 Å². The lowest BCUT2D eigenvalue weighted by Gasteiger charge is -2.35. The molecular formula is C13H24N2O2S. The van der Waals surface area contributed by atoms with Crippen LogP contribution < -0.4 is 5.32 Å². The van der Waals surface area contributed by atoms with Crippen LogP contribution in [0, 0.1) is 5.41 Å². The van der Waals surface area contributed by atoms with E-state index in [4.69, 9.17) is 4.74 Å². The van der Waals surface area contributed by atoms with Crippen molar-refractivity contribution in [1.82, 2.24) is 10.2 Å². The maximum atomic E-state index is 12.0. The van der Waals surface area contributed by atoms with Crippen LogP contribution in [0.25, 0.3) is 0 Å². The second-order valence-corrected chi connectivity index (χ2v) is 6.98. The fourth-order valence-electron chi connectivity index (χ4n) is 2.55. The van der Waals surface area contributed by atoms with E-state index in [1.165, 1.54) is 5.75 Å². The van der Waals surface area contributed by atoms with E-state index in [2.05, 4.69) is 19.2 Å². The number of carbonyl (C=O) groups excluding carboxylic acids is 1. The van der Waals surface area contributed by atoms with E-state index in [0.717, 1.165) is 25.3 Å². The molecule has 0 radical (unpaired) electrons. The first-order valence-corrected chi connectivity index (χ1v) is 7.89. The van der Waals surface area contributed by atoms with Gasteiger partial charge in [-0.25, -0.2) is 0 Å². The molecule has 2 saturated heterocycles. The Morgan fingerprint density at radius 2 is 2.17 bits per heavy atom. The third-order valence-electron chi connectivity index (χ3n) is 3.52. The number of rotatable bonds is 3. The minimum atomic E-state index is 0.215. The number of amides is 1. The van der Waals surface area contributed by atoms with Crippen LogP contribution in [0.4, 0.5) is 0 Å². The Morgan fingerprint density at radius 3 is 2.83 bits per heavy atom. The molecule has 2 aliphatic heterocycles. The first-order chi connectivity index (χ1) is 8.57. The molecule has 1 N–H and O–H groups in total. The van der Waals surface area contributed by atoms with Crippen molar-refractivity contribution >= 4 is 17.7 Å². The molecule has 18 heavy (non-hydrogen) atoms. The predicted octanol–water partition coefficient (Wildman–Crippen LogP) is 0.966. The summed E-state index contributed by atoms with van der Waals surface area (Å²) < 4.78 is 5.25. The largest absolute Gasteiger partial charge is 0.378 e. The zero-order chi connectivity index (χ0) is 13.0. The van der Waals surface area contributed by atoms with Crippen LogP contribution in [0.15, 0.2) is 0 Å². The van der Waals surface area contributed by atoms with Gasteiger partial charge in [0.1, 0.15) is 0 Å². The number of nitrogens with one attached hydrogen (secondary N) is 1. The van der Waals surface area contributed by atoms with Crippen LogP contribution in [-0.4, -0.2) is 61.2 Å². The molecule has 0 aromatic rings. The average Bonchev–Trinajstić information content (AvgIpc) is 2.36. The van der Waals surface area contributed by atoms with Gasteiger partial charge in [0.25, 0.3) is 0 Å². The van der Waals surface area contributed by atoms with Crippen LogP contribution in [0.2, 0.25) is 0 Å². The average molecular weight is 272 g/mol. The number of hydrogen-bond acceptors (Lipinski definition) is 4. The van der Waals surface area contributed by atoms with E-state index >= 15 is 0 Å². The van der Waals surface area contributed by atoms with Crippen molar-refractivity contribution in [3.05, 3.63) is 0 Å². The molecule has 1 amide bonds. The van der Waals surface area contributed by atoms with E-state index in [9.17, 15) is 4.79 Å². The molecule has 2 rings (SSSR count). The van der Waals surface area contributed by atoms with Gasteiger partial charge in [0.15, 0.2) is 0 Å². The maximum absolute atomic E-state index is 12.0. The highest BCUT2D eigenvalue weighted by Gasteiger charge is 2.28. The summed E-state index contributed by atoms with van der Waals surface area (Å²) in [6.45, 7) is 7.92. The summed E-state index contributed by atoms with van der Waals surface area (Å²) in [6, 6.07) is 0.476. The Labute approximate surface area is 114 Å². The highest BCUT2D eigenvalue weighted by molar-refractivity contribution is 7.99. The molecule has 4 nitrogen and oxygen atoms in total. The molecule has 2 fully saturated rings. The van der Waals surface area contributed by atoms with Gasteiger partial charge in [-0.15, -0.1) is 0 Å². The van der Waals surface area contributed by atoms with Crippen molar-refractivity contribution in [1.29, 1.82) is 0 Å². The molecule has 0 aliphatic carbocycles. The molecule has 0 aromatic carbocycles. The number of carbonyl (C=O) groups is 1. The van der Waals surface area contributed by atoms with Crippen LogP contribution in [0.1, 0.15) is 20.3 Å². The third kappa shape index (κ3) is 4.14. The van der Waals surface area contributed by atoms with Crippen LogP contribution in [-0.2, 0) is 9.53 Å². The lowest BCUT2D eigenvalue weighted by atomic mass is 9.88. The van der Waals surface area contributed by atoms with Crippen molar-refractivity contribution < 1.29 is 9.53 Å². The number of morpholine rings is 1. The summed E-state index contributed by atoms with van der Waals surface area (Å²) in [5.41, 5.74) is 0.391. The third-order valence-corrected chi connectivity index (χ3v) is 5.14. The highest BCUT2D eigenvalue weighted by atomic mass is 32.2. The summed E-state index contributed by atoms with van der Waals surface area (Å²) in [5.74, 6) is 2.56. The highest BCUT2D eigenvalue weighted by Crippen LogP contribution is 2.33. The van der Waals surface area contributed by atoms with Crippen molar-refractivity contribution in [3.8, 4) is 0 Å². The molecule has 0 spiro atoms. The predicted molar refractivity (Wildman–Crippen MR) is 74.9 cm³/mol. The summed E-state index contributed by atoms with van der Waals surface area (Å²) in [6.07, 6.45) is 1.16. The van der Waals surface area contributed by atoms with Gasteiger partial charge >= 0.3 is 0 Å². The minimum Gasteiger partial charge on any atom is -0.378 e. The van der Waals surface area contributed by atoms with Gasteiger partial charge in [-0.3, -0.25) is 4.79 Å². The quantitative estimate of drug-likeness (QED) is 0.831. The molecular weight excluding hydrogens is 248 g/mol. The Kier molecular flexibility index (Phi) is 4.92. The van der Waals surface area contributed by atoms with Gasteiger partial charge in [-0.05, 0) is 17.6 Å². The van der Waals surface area contributed by atoms with Crippen LogP contribution in [0.5, 0.6) is 0 Å². The summed E-state index contributed by atoms with van der Waals surface area (Å²) >= 11 is 1.99. The van der Waals surface area contributed by atoms with E-state index in [1.54, 1.807) is 0 Å². The fraction of sp³-hybridized carbons (Fsp3) is 0.923. The smallest absolute Gasteiger partial charge is 0.236 e. The topological polar surface area (TPSA) is 41.6 Å². The molecule has 1 atom stereocenters. The molecule has 5 heteroatoms. The Morgan fingerprint density at radius 1 is 1.44 bits per heavy atom. The summed E-state index contributed by atoms with van der Waals surface area (Å²) in [7, 11) is 0. The number of ether oxygens (including phenoxy) is 1. The second-order valence-electron chi connectivity index (χ2n) is 5.95. The standard InChI is InChI=1S/C13H24N2O2S/c1-13(2)7-11(9-18-10-13)14-8-12(16)15-3-5-17-6-4-15/h11,14H,3-10H2,1-2H3. The van der Waals surface area contributed by atoms with E-state index in [-0.39, 0.29) is 5.91 Å². The molecule has 0 bridgehead atoms. The Hall–Kier alpha value is -0.260. The maximum Gasteiger partial charge on any atom is 0.236 e. The van der Waals surface area contributed by atoms with Gasteiger partial charge in [-0.2, -0.15) is 11.8 Å². The van der Waals surface area contributed by atoms with Gasteiger partial charge in [0, 0.05) is 24.9 Å². The van der Waals surface area contributed by atoms with Crippen molar-refractivity contribution in [2.24, 2.45) is 5.41 Å². The van der Waals surface area contributed by atoms with E-state index in [1.807, 2.05) is 16.7 Å². The van der Waals surface area contributed by atoms with Gasteiger partial charge < -0.3 is 15.0 Å². The summed E-state index contributed by atoms with van der Waals surface area (Å²) in [4.78, 5) is 13.9. The molecule has 2 aliphatic rings. The number of thioether (sulfide) groups is 1. The molecule has 1 unspecified atom stereocenters. The second kappa shape index (κ2) is 6.26. The molecule has 0 saturated carbocycles. The first kappa shape index (κ1) is 14.2. The lowest BCUT2D eigenvalue weighted by molar-refractivity contribution is -0.134. The minimum absolute atomic E-state index is 0.215. The van der Waals surface area contributed by atoms with Gasteiger partial charge in [-0.1, -0.05) is 13.8 Å². The normalized spacial score (nSPS) is 28.1. The SMILES string of the molecule is CC1(C)CSCC(NCC(=O)N2CCOCC2)C1. The fourth-order valence-corrected chi connectivity index (χ4v) is 3.86. The van der Waals surface area contributed by atoms with Crippen molar-refractivity contribution in [2.45, 2.75) is 26.3 Å². The monoisotopic (exact) mass is 272 g/mol. The van der Waals surface area contributed by atoms with Crippen LogP contribution in [0.3, 0.4) is 0 Å². The zero-order valence-electron chi connectivity index (χ0n) is 11.4. The van der Waals surface area contributed by atoms with Crippen LogP contribution >= 0.6 is 11.8 Å². The van der Waals surface area contributed by atoms with Crippen molar-refractivity contribution in [3.63, 3.8) is 0 Å². The molecule has 104 valence electrons. The zero-order valence-corrected chi connectivity index (χ0v) is 12.2. The first-order valence-electron chi connectivity index (χ1n) is 6.73. The van der Waals surface area contributed by atoms with E-state index in [0.29, 0.717) is 31.2 Å². The summed E-state index contributed by atoms with van der Waals surface area (Å²) in [5, 5.41) is 3.42. The van der Waals surface area contributed by atoms with Gasteiger partial charge in [0.05, 0.1) is 19.8 Å². The van der Waals surface area contributed by atoms with Gasteiger partial charge in [0.2, 0.25) is 5.91 Å². The lowest BCUT2D eigenvalue weighted by Crippen LogP contribution is -2.48. The molecule has 2 heterocycles. The Balaban J connectivity index is 1.72. The van der Waals surface area contributed by atoms with E-state index < -0.39 is 0 Å². The Bertz CT molecular complexity index is 291.